The van der Waals surface area contributed by atoms with Crippen LogP contribution in [0.15, 0.2) is 54.6 Å². The van der Waals surface area contributed by atoms with Gasteiger partial charge in [-0.2, -0.15) is 0 Å². The van der Waals surface area contributed by atoms with Gasteiger partial charge in [0.25, 0.3) is 5.91 Å². The molecule has 1 atom stereocenters. The van der Waals surface area contributed by atoms with E-state index in [-0.39, 0.29) is 11.9 Å². The van der Waals surface area contributed by atoms with Gasteiger partial charge in [-0.3, -0.25) is 4.79 Å². The molecule has 1 heterocycles. The van der Waals surface area contributed by atoms with Gasteiger partial charge in [0.2, 0.25) is 0 Å². The molecule has 0 saturated heterocycles. The summed E-state index contributed by atoms with van der Waals surface area (Å²) in [7, 11) is 0. The molecule has 0 bridgehead atoms. The van der Waals surface area contributed by atoms with Gasteiger partial charge in [0.1, 0.15) is 5.75 Å². The number of anilines is 1. The minimum Gasteiger partial charge on any atom is -0.494 e. The predicted octanol–water partition coefficient (Wildman–Crippen LogP) is 4.47. The van der Waals surface area contributed by atoms with Crippen LogP contribution in [0.1, 0.15) is 31.4 Å². The monoisotopic (exact) mass is 321 g/mol. The summed E-state index contributed by atoms with van der Waals surface area (Å²) in [5.74, 6) is 0.890. The van der Waals surface area contributed by atoms with Crippen molar-refractivity contribution >= 4 is 17.7 Å². The number of amides is 1. The summed E-state index contributed by atoms with van der Waals surface area (Å²) in [5, 5.41) is 0. The Morgan fingerprint density at radius 1 is 1.21 bits per heavy atom. The molecule has 3 nitrogen and oxygen atoms in total. The first-order valence-electron chi connectivity index (χ1n) is 8.51. The van der Waals surface area contributed by atoms with Crippen molar-refractivity contribution < 1.29 is 9.53 Å². The number of carbonyl (C=O) groups is 1. The van der Waals surface area contributed by atoms with Crippen molar-refractivity contribution in [2.45, 2.75) is 32.7 Å². The number of benzene rings is 2. The fourth-order valence-electron chi connectivity index (χ4n) is 3.04. The van der Waals surface area contributed by atoms with E-state index < -0.39 is 0 Å². The Hall–Kier alpha value is -2.55. The number of rotatable bonds is 5. The second-order valence-electron chi connectivity index (χ2n) is 6.14. The molecule has 0 spiro atoms. The minimum atomic E-state index is 0.0266. The first-order chi connectivity index (χ1) is 11.7. The number of hydrogen-bond acceptors (Lipinski definition) is 2. The molecule has 0 N–H and O–H groups in total. The van der Waals surface area contributed by atoms with E-state index in [4.69, 9.17) is 4.74 Å². The SMILES string of the molecule is CCCOc1ccc(/C=C/C(=O)N2c3ccccc3CC2C)cc1. The lowest BCUT2D eigenvalue weighted by molar-refractivity contribution is -0.114. The Balaban J connectivity index is 1.69. The van der Waals surface area contributed by atoms with E-state index >= 15 is 0 Å². The molecule has 0 radical (unpaired) electrons. The first-order valence-corrected chi connectivity index (χ1v) is 8.51. The van der Waals surface area contributed by atoms with Crippen molar-refractivity contribution in [3.8, 4) is 5.75 Å². The maximum absolute atomic E-state index is 12.6. The van der Waals surface area contributed by atoms with Gasteiger partial charge in [-0.05, 0) is 55.2 Å². The Morgan fingerprint density at radius 2 is 1.96 bits per heavy atom. The predicted molar refractivity (Wildman–Crippen MR) is 98.4 cm³/mol. The standard InChI is InChI=1S/C21H23NO2/c1-3-14-24-19-11-8-17(9-12-19)10-13-21(23)22-16(2)15-18-6-4-5-7-20(18)22/h4-13,16H,3,14-15H2,1-2H3/b13-10+. The van der Waals surface area contributed by atoms with Crippen molar-refractivity contribution in [3.63, 3.8) is 0 Å². The summed E-state index contributed by atoms with van der Waals surface area (Å²) >= 11 is 0. The molecule has 24 heavy (non-hydrogen) atoms. The van der Waals surface area contributed by atoms with E-state index in [1.165, 1.54) is 5.56 Å². The second-order valence-corrected chi connectivity index (χ2v) is 6.14. The molecule has 1 amide bonds. The summed E-state index contributed by atoms with van der Waals surface area (Å²) in [6.45, 7) is 4.89. The topological polar surface area (TPSA) is 29.5 Å². The summed E-state index contributed by atoms with van der Waals surface area (Å²) in [6.07, 6.45) is 5.42. The molecular weight excluding hydrogens is 298 g/mol. The van der Waals surface area contributed by atoms with Gasteiger partial charge in [-0.1, -0.05) is 37.3 Å². The summed E-state index contributed by atoms with van der Waals surface area (Å²) in [6, 6.07) is 16.1. The highest BCUT2D eigenvalue weighted by Gasteiger charge is 2.29. The molecule has 124 valence electrons. The average molecular weight is 321 g/mol. The van der Waals surface area contributed by atoms with Crippen LogP contribution in [0.3, 0.4) is 0 Å². The molecule has 3 rings (SSSR count). The van der Waals surface area contributed by atoms with Gasteiger partial charge in [0, 0.05) is 17.8 Å². The Bertz CT molecular complexity index is 734. The fraction of sp³-hybridized carbons (Fsp3) is 0.286. The van der Waals surface area contributed by atoms with Crippen LogP contribution in [0.25, 0.3) is 6.08 Å². The van der Waals surface area contributed by atoms with Crippen LogP contribution in [0.5, 0.6) is 5.75 Å². The first kappa shape index (κ1) is 16.3. The van der Waals surface area contributed by atoms with Gasteiger partial charge in [-0.25, -0.2) is 0 Å². The van der Waals surface area contributed by atoms with Crippen LogP contribution >= 0.6 is 0 Å². The van der Waals surface area contributed by atoms with Crippen molar-refractivity contribution in [2.75, 3.05) is 11.5 Å². The maximum Gasteiger partial charge on any atom is 0.251 e. The third-order valence-corrected chi connectivity index (χ3v) is 4.22. The Labute approximate surface area is 143 Å². The molecule has 2 aromatic rings. The van der Waals surface area contributed by atoms with E-state index in [0.717, 1.165) is 36.4 Å². The highest BCUT2D eigenvalue weighted by Crippen LogP contribution is 2.32. The largest absolute Gasteiger partial charge is 0.494 e. The molecular formula is C21H23NO2. The molecule has 0 aromatic heterocycles. The van der Waals surface area contributed by atoms with Crippen LogP contribution < -0.4 is 9.64 Å². The van der Waals surface area contributed by atoms with E-state index in [1.807, 2.05) is 53.4 Å². The minimum absolute atomic E-state index is 0.0266. The zero-order valence-electron chi connectivity index (χ0n) is 14.2. The summed E-state index contributed by atoms with van der Waals surface area (Å²) in [4.78, 5) is 14.5. The van der Waals surface area contributed by atoms with Crippen LogP contribution in [-0.4, -0.2) is 18.6 Å². The van der Waals surface area contributed by atoms with Gasteiger partial charge in [-0.15, -0.1) is 0 Å². The number of para-hydroxylation sites is 1. The number of hydrogen-bond donors (Lipinski definition) is 0. The number of carbonyl (C=O) groups excluding carboxylic acids is 1. The second kappa shape index (κ2) is 7.35. The highest BCUT2D eigenvalue weighted by molar-refractivity contribution is 6.05. The lowest BCUT2D eigenvalue weighted by Crippen LogP contribution is -2.34. The lowest BCUT2D eigenvalue weighted by atomic mass is 10.1. The fourth-order valence-corrected chi connectivity index (χ4v) is 3.04. The van der Waals surface area contributed by atoms with Crippen molar-refractivity contribution in [2.24, 2.45) is 0 Å². The third-order valence-electron chi connectivity index (χ3n) is 4.22. The molecule has 1 unspecified atom stereocenters. The van der Waals surface area contributed by atoms with E-state index in [2.05, 4.69) is 19.9 Å². The number of fused-ring (bicyclic) bond motifs is 1. The zero-order valence-corrected chi connectivity index (χ0v) is 14.2. The quantitative estimate of drug-likeness (QED) is 0.761. The lowest BCUT2D eigenvalue weighted by Gasteiger charge is -2.20. The van der Waals surface area contributed by atoms with Crippen LogP contribution in [0.4, 0.5) is 5.69 Å². The van der Waals surface area contributed by atoms with Gasteiger partial charge < -0.3 is 9.64 Å². The molecule has 1 aliphatic heterocycles. The highest BCUT2D eigenvalue weighted by atomic mass is 16.5. The van der Waals surface area contributed by atoms with Crippen molar-refractivity contribution in [1.82, 2.24) is 0 Å². The Morgan fingerprint density at radius 3 is 2.71 bits per heavy atom. The molecule has 3 heteroatoms. The zero-order chi connectivity index (χ0) is 16.9. The van der Waals surface area contributed by atoms with Gasteiger partial charge >= 0.3 is 0 Å². The molecule has 1 aliphatic rings. The maximum atomic E-state index is 12.6. The van der Waals surface area contributed by atoms with Crippen LogP contribution in [-0.2, 0) is 11.2 Å². The molecule has 0 saturated carbocycles. The van der Waals surface area contributed by atoms with Crippen LogP contribution in [0, 0.1) is 0 Å². The van der Waals surface area contributed by atoms with Crippen molar-refractivity contribution in [1.29, 1.82) is 0 Å². The number of nitrogens with zero attached hydrogens (tertiary/aromatic N) is 1. The summed E-state index contributed by atoms with van der Waals surface area (Å²) < 4.78 is 5.57. The third kappa shape index (κ3) is 3.51. The normalized spacial score (nSPS) is 16.4. The number of ether oxygens (including phenoxy) is 1. The average Bonchev–Trinajstić information content (AvgIpc) is 2.94. The van der Waals surface area contributed by atoms with Gasteiger partial charge in [0.15, 0.2) is 0 Å². The molecule has 0 aliphatic carbocycles. The Kier molecular flexibility index (Phi) is 4.99. The van der Waals surface area contributed by atoms with Crippen LogP contribution in [0.2, 0.25) is 0 Å². The summed E-state index contributed by atoms with van der Waals surface area (Å²) in [5.41, 5.74) is 3.26. The van der Waals surface area contributed by atoms with Crippen molar-refractivity contribution in [3.05, 3.63) is 65.7 Å². The molecule has 2 aromatic carbocycles. The smallest absolute Gasteiger partial charge is 0.251 e. The van der Waals surface area contributed by atoms with Gasteiger partial charge in [0.05, 0.1) is 6.61 Å². The van der Waals surface area contributed by atoms with E-state index in [9.17, 15) is 4.79 Å². The van der Waals surface area contributed by atoms with E-state index in [0.29, 0.717) is 0 Å². The van der Waals surface area contributed by atoms with E-state index in [1.54, 1.807) is 6.08 Å². The molecule has 0 fully saturated rings.